The second-order valence-corrected chi connectivity index (χ2v) is 6.69. The average molecular weight is 359 g/mol. The molecule has 0 radical (unpaired) electrons. The fourth-order valence-electron chi connectivity index (χ4n) is 2.78. The van der Waals surface area contributed by atoms with Crippen molar-refractivity contribution in [3.05, 3.63) is 33.6 Å². The Balaban J connectivity index is 2.03. The number of alkyl halides is 3. The normalized spacial score (nSPS) is 20.4. The van der Waals surface area contributed by atoms with E-state index in [9.17, 15) is 18.0 Å². The van der Waals surface area contributed by atoms with Crippen LogP contribution in [-0.4, -0.2) is 29.0 Å². The number of hydrogen-bond donors (Lipinski definition) is 1. The summed E-state index contributed by atoms with van der Waals surface area (Å²) in [5.74, 6) is -0.669. The Morgan fingerprint density at radius 2 is 2.25 bits per heavy atom. The van der Waals surface area contributed by atoms with Gasteiger partial charge >= 0.3 is 12.1 Å². The number of fused-ring (bicyclic) bond motifs is 1. The number of esters is 1. The van der Waals surface area contributed by atoms with Crippen molar-refractivity contribution in [2.24, 2.45) is 0 Å². The molecule has 1 aliphatic heterocycles. The summed E-state index contributed by atoms with van der Waals surface area (Å²) in [6, 6.07) is 1.43. The third-order valence-electron chi connectivity index (χ3n) is 4.02. The third kappa shape index (κ3) is 2.88. The molecule has 0 saturated heterocycles. The summed E-state index contributed by atoms with van der Waals surface area (Å²) >= 11 is 1.47. The van der Waals surface area contributed by atoms with Gasteiger partial charge in [0.15, 0.2) is 6.04 Å². The Bertz CT molecular complexity index is 753. The standard InChI is InChI=1S/C15H16F3N3O2S/c1-3-8-4-5-11(24-8)10-6-12(15(16,17)18)21-13(20-10)9(7-19-21)14(22)23-2/h4-5,7,10,12,20H,3,6H2,1-2H3. The fraction of sp³-hybridized carbons (Fsp3) is 0.467. The molecule has 0 aromatic carbocycles. The highest BCUT2D eigenvalue weighted by molar-refractivity contribution is 7.12. The highest BCUT2D eigenvalue weighted by atomic mass is 32.1. The Morgan fingerprint density at radius 3 is 2.83 bits per heavy atom. The van der Waals surface area contributed by atoms with E-state index in [4.69, 9.17) is 0 Å². The van der Waals surface area contributed by atoms with Crippen LogP contribution in [0.5, 0.6) is 0 Å². The molecule has 24 heavy (non-hydrogen) atoms. The monoisotopic (exact) mass is 359 g/mol. The van der Waals surface area contributed by atoms with Gasteiger partial charge in [0.1, 0.15) is 11.4 Å². The van der Waals surface area contributed by atoms with Crippen molar-refractivity contribution < 1.29 is 22.7 Å². The maximum Gasteiger partial charge on any atom is 0.410 e. The molecule has 0 spiro atoms. The number of carbonyl (C=O) groups excluding carboxylic acids is 1. The van der Waals surface area contributed by atoms with Crippen molar-refractivity contribution in [1.29, 1.82) is 0 Å². The highest BCUT2D eigenvalue weighted by Crippen LogP contribution is 2.45. The zero-order valence-corrected chi connectivity index (χ0v) is 13.9. The summed E-state index contributed by atoms with van der Waals surface area (Å²) in [6.45, 7) is 1.99. The molecule has 1 N–H and O–H groups in total. The van der Waals surface area contributed by atoms with Crippen molar-refractivity contribution in [2.75, 3.05) is 12.4 Å². The second kappa shape index (κ2) is 6.12. The number of carbonyl (C=O) groups is 1. The minimum atomic E-state index is -4.46. The predicted molar refractivity (Wildman–Crippen MR) is 83.3 cm³/mol. The quantitative estimate of drug-likeness (QED) is 0.843. The van der Waals surface area contributed by atoms with Crippen LogP contribution in [-0.2, 0) is 11.2 Å². The van der Waals surface area contributed by atoms with E-state index in [1.165, 1.54) is 18.4 Å². The molecular formula is C15H16F3N3O2S. The maximum atomic E-state index is 13.5. The van der Waals surface area contributed by atoms with Gasteiger partial charge in [-0.3, -0.25) is 0 Å². The van der Waals surface area contributed by atoms with Gasteiger partial charge in [-0.1, -0.05) is 6.92 Å². The first kappa shape index (κ1) is 16.8. The van der Waals surface area contributed by atoms with Crippen molar-refractivity contribution in [1.82, 2.24) is 9.78 Å². The van der Waals surface area contributed by atoms with Crippen LogP contribution in [0.25, 0.3) is 0 Å². The van der Waals surface area contributed by atoms with Crippen LogP contribution >= 0.6 is 11.3 Å². The number of thiophene rings is 1. The number of ether oxygens (including phenoxy) is 1. The lowest BCUT2D eigenvalue weighted by molar-refractivity contribution is -0.173. The van der Waals surface area contributed by atoms with Gasteiger partial charge in [0.25, 0.3) is 0 Å². The molecule has 0 aliphatic carbocycles. The molecule has 2 atom stereocenters. The number of aryl methyl sites for hydroxylation is 1. The lowest BCUT2D eigenvalue weighted by Crippen LogP contribution is -2.35. The van der Waals surface area contributed by atoms with E-state index < -0.39 is 24.2 Å². The van der Waals surface area contributed by atoms with Crippen molar-refractivity contribution in [2.45, 2.75) is 38.0 Å². The summed E-state index contributed by atoms with van der Waals surface area (Å²) in [6.07, 6.45) is -2.70. The number of halogens is 3. The molecule has 0 bridgehead atoms. The van der Waals surface area contributed by atoms with E-state index in [1.54, 1.807) is 0 Å². The number of rotatable bonds is 3. The topological polar surface area (TPSA) is 56.2 Å². The Morgan fingerprint density at radius 1 is 1.50 bits per heavy atom. The van der Waals surface area contributed by atoms with Crippen LogP contribution in [0, 0.1) is 0 Å². The van der Waals surface area contributed by atoms with Gasteiger partial charge in [0.2, 0.25) is 0 Å². The smallest absolute Gasteiger partial charge is 0.410 e. The Hall–Kier alpha value is -2.03. The molecule has 130 valence electrons. The lowest BCUT2D eigenvalue weighted by atomic mass is 10.0. The van der Waals surface area contributed by atoms with E-state index >= 15 is 0 Å². The predicted octanol–water partition coefficient (Wildman–Crippen LogP) is 3.95. The van der Waals surface area contributed by atoms with Gasteiger partial charge in [-0.2, -0.15) is 18.3 Å². The summed E-state index contributed by atoms with van der Waals surface area (Å²) in [5.41, 5.74) is 0.00345. The van der Waals surface area contributed by atoms with Crippen LogP contribution in [0.3, 0.4) is 0 Å². The zero-order chi connectivity index (χ0) is 17.5. The van der Waals surface area contributed by atoms with Crippen LogP contribution in [0.15, 0.2) is 18.3 Å². The minimum absolute atomic E-state index is 0.00345. The van der Waals surface area contributed by atoms with Gasteiger partial charge in [-0.05, 0) is 18.6 Å². The maximum absolute atomic E-state index is 13.5. The molecule has 0 saturated carbocycles. The van der Waals surface area contributed by atoms with E-state index in [1.807, 2.05) is 19.1 Å². The van der Waals surface area contributed by atoms with Crippen LogP contribution in [0.4, 0.5) is 19.0 Å². The lowest BCUT2D eigenvalue weighted by Gasteiger charge is -2.33. The summed E-state index contributed by atoms with van der Waals surface area (Å²) in [4.78, 5) is 13.7. The summed E-state index contributed by atoms with van der Waals surface area (Å²) < 4.78 is 45.9. The van der Waals surface area contributed by atoms with Crippen LogP contribution in [0.1, 0.15) is 45.5 Å². The molecule has 3 heterocycles. The van der Waals surface area contributed by atoms with E-state index in [0.29, 0.717) is 0 Å². The van der Waals surface area contributed by atoms with Gasteiger partial charge in [-0.25, -0.2) is 9.48 Å². The van der Waals surface area contributed by atoms with E-state index in [0.717, 1.165) is 27.1 Å². The number of anilines is 1. The molecule has 0 fully saturated rings. The van der Waals surface area contributed by atoms with E-state index in [-0.39, 0.29) is 17.8 Å². The summed E-state index contributed by atoms with van der Waals surface area (Å²) in [5, 5.41) is 6.79. The molecule has 5 nitrogen and oxygen atoms in total. The number of hydrogen-bond acceptors (Lipinski definition) is 5. The number of methoxy groups -OCH3 is 1. The van der Waals surface area contributed by atoms with Gasteiger partial charge in [-0.15, -0.1) is 11.3 Å². The molecule has 1 aliphatic rings. The molecule has 2 aromatic heterocycles. The fourth-order valence-corrected chi connectivity index (χ4v) is 3.80. The first-order valence-electron chi connectivity index (χ1n) is 7.42. The largest absolute Gasteiger partial charge is 0.465 e. The Kier molecular flexibility index (Phi) is 4.29. The molecule has 3 rings (SSSR count). The average Bonchev–Trinajstić information content (AvgIpc) is 3.18. The molecule has 2 unspecified atom stereocenters. The number of nitrogens with one attached hydrogen (secondary N) is 1. The molecule has 9 heteroatoms. The van der Waals surface area contributed by atoms with Gasteiger partial charge in [0.05, 0.1) is 19.3 Å². The first-order valence-corrected chi connectivity index (χ1v) is 8.24. The van der Waals surface area contributed by atoms with Crippen LogP contribution < -0.4 is 5.32 Å². The Labute approximate surface area is 140 Å². The summed E-state index contributed by atoms with van der Waals surface area (Å²) in [7, 11) is 1.18. The minimum Gasteiger partial charge on any atom is -0.465 e. The molecular weight excluding hydrogens is 343 g/mol. The number of aromatic nitrogens is 2. The molecule has 2 aromatic rings. The van der Waals surface area contributed by atoms with E-state index in [2.05, 4.69) is 15.2 Å². The zero-order valence-electron chi connectivity index (χ0n) is 13.1. The third-order valence-corrected chi connectivity index (χ3v) is 5.36. The number of nitrogens with zero attached hydrogens (tertiary/aromatic N) is 2. The molecule has 0 amide bonds. The first-order chi connectivity index (χ1) is 11.3. The highest BCUT2D eigenvalue weighted by Gasteiger charge is 2.47. The SMILES string of the molecule is CCc1ccc(C2CC(C(F)(F)F)n3ncc(C(=O)OC)c3N2)s1. The van der Waals surface area contributed by atoms with Gasteiger partial charge < -0.3 is 10.1 Å². The van der Waals surface area contributed by atoms with Crippen molar-refractivity contribution >= 4 is 23.1 Å². The van der Waals surface area contributed by atoms with Crippen LogP contribution in [0.2, 0.25) is 0 Å². The van der Waals surface area contributed by atoms with Gasteiger partial charge in [0, 0.05) is 16.2 Å². The van der Waals surface area contributed by atoms with Crippen molar-refractivity contribution in [3.63, 3.8) is 0 Å². The second-order valence-electron chi connectivity index (χ2n) is 5.49. The van der Waals surface area contributed by atoms with Crippen molar-refractivity contribution in [3.8, 4) is 0 Å².